The number of benzene rings is 3. The molecule has 2 unspecified atom stereocenters. The van der Waals surface area contributed by atoms with Crippen LogP contribution in [0.25, 0.3) is 21.2 Å². The van der Waals surface area contributed by atoms with Gasteiger partial charge >= 0.3 is 0 Å². The predicted octanol–water partition coefficient (Wildman–Crippen LogP) is 8.04. The molecular formula is C44H48ClN7O5S2. The summed E-state index contributed by atoms with van der Waals surface area (Å²) in [5.41, 5.74) is 4.99. The SMILES string of the molecule is CNc1ccc(C2CCN(C(=N)/C=C3\N=CC=C(CS(=O)N4CCC(Nc5cccc(-c6sc(C=O)c(OCC=O)c6Cl)c5)CC4(C)C)N3)CC2)c2cccc(C=O)c12. The minimum absolute atomic E-state index is 0.127. The number of nitrogens with zero attached hydrogens (tertiary/aromatic N) is 3. The van der Waals surface area contributed by atoms with Crippen molar-refractivity contribution >= 4 is 87.0 Å². The van der Waals surface area contributed by atoms with Crippen molar-refractivity contribution in [3.05, 3.63) is 99.3 Å². The van der Waals surface area contributed by atoms with Crippen molar-refractivity contribution in [1.29, 1.82) is 5.41 Å². The van der Waals surface area contributed by atoms with Crippen LogP contribution in [0.15, 0.2) is 83.3 Å². The van der Waals surface area contributed by atoms with Crippen molar-refractivity contribution in [1.82, 2.24) is 14.5 Å². The van der Waals surface area contributed by atoms with Gasteiger partial charge in [-0.2, -0.15) is 0 Å². The molecule has 308 valence electrons. The molecule has 3 aromatic carbocycles. The summed E-state index contributed by atoms with van der Waals surface area (Å²) in [6, 6.07) is 18.1. The molecule has 0 spiro atoms. The highest BCUT2D eigenvalue weighted by molar-refractivity contribution is 7.82. The van der Waals surface area contributed by atoms with Crippen LogP contribution < -0.4 is 20.7 Å². The van der Waals surface area contributed by atoms with Gasteiger partial charge in [-0.15, -0.1) is 11.3 Å². The number of hydrogen-bond donors (Lipinski definition) is 4. The Bertz CT molecular complexity index is 2380. The third-order valence-corrected chi connectivity index (χ3v) is 14.5. The van der Waals surface area contributed by atoms with Gasteiger partial charge in [0, 0.05) is 78.6 Å². The number of fused-ring (bicyclic) bond motifs is 1. The molecule has 7 rings (SSSR count). The standard InChI is InChI=1S/C44H48ClN7O5S2/c1-44(2)24-32(49-31-8-4-6-29(22-31)43-41(45)42(57-21-20-53)37(26-55)58-43)15-19-52(44)59(56)27-33-12-16-48-39(50-33)23-38(46)51-17-13-28(14-18-51)34-10-11-36(47-3)40-30(25-54)7-5-9-35(34)40/h4-12,16,20,22-23,25-26,28,32,46-47,49-50H,13-15,17-19,21,24,27H2,1-3H3/b39-23+,46-38?. The zero-order valence-corrected chi connectivity index (χ0v) is 35.6. The van der Waals surface area contributed by atoms with Gasteiger partial charge in [-0.3, -0.25) is 19.8 Å². The van der Waals surface area contributed by atoms with Crippen LogP contribution in [0.5, 0.6) is 5.75 Å². The van der Waals surface area contributed by atoms with E-state index in [0.29, 0.717) is 62.8 Å². The Morgan fingerprint density at radius 1 is 1.08 bits per heavy atom. The molecule has 0 radical (unpaired) electrons. The number of halogens is 1. The Labute approximate surface area is 355 Å². The first-order chi connectivity index (χ1) is 28.5. The molecule has 4 aromatic rings. The largest absolute Gasteiger partial charge is 0.483 e. The average molecular weight is 854 g/mol. The number of piperidine rings is 2. The number of carbonyl (C=O) groups is 3. The van der Waals surface area contributed by atoms with E-state index in [-0.39, 0.29) is 23.9 Å². The predicted molar refractivity (Wildman–Crippen MR) is 240 cm³/mol. The number of likely N-dealkylation sites (tertiary alicyclic amines) is 1. The fourth-order valence-corrected chi connectivity index (χ4v) is 11.3. The van der Waals surface area contributed by atoms with Crippen molar-refractivity contribution in [2.45, 2.75) is 57.0 Å². The summed E-state index contributed by atoms with van der Waals surface area (Å²) >= 11 is 7.82. The number of aliphatic imine (C=N–C) groups is 1. The molecular weight excluding hydrogens is 806 g/mol. The molecule has 59 heavy (non-hydrogen) atoms. The topological polar surface area (TPSA) is 156 Å². The van der Waals surface area contributed by atoms with Crippen LogP contribution in [0.3, 0.4) is 0 Å². The van der Waals surface area contributed by atoms with E-state index in [9.17, 15) is 18.6 Å². The minimum atomic E-state index is -1.32. The highest BCUT2D eigenvalue weighted by Crippen LogP contribution is 2.45. The van der Waals surface area contributed by atoms with Crippen molar-refractivity contribution < 1.29 is 23.3 Å². The van der Waals surface area contributed by atoms with Gasteiger partial charge in [-0.1, -0.05) is 48.0 Å². The third-order valence-electron chi connectivity index (χ3n) is 11.2. The molecule has 2 fully saturated rings. The molecule has 3 aliphatic heterocycles. The highest BCUT2D eigenvalue weighted by Gasteiger charge is 2.38. The summed E-state index contributed by atoms with van der Waals surface area (Å²) < 4.78 is 21.4. The smallest absolute Gasteiger partial charge is 0.163 e. The van der Waals surface area contributed by atoms with Crippen LogP contribution in [-0.2, 0) is 15.8 Å². The number of nitrogens with one attached hydrogen (secondary N) is 4. The van der Waals surface area contributed by atoms with Gasteiger partial charge in [-0.25, -0.2) is 13.5 Å². The lowest BCUT2D eigenvalue weighted by Crippen LogP contribution is -2.54. The second-order valence-electron chi connectivity index (χ2n) is 15.4. The number of carbonyl (C=O) groups excluding carboxylic acids is 3. The van der Waals surface area contributed by atoms with Gasteiger partial charge in [0.2, 0.25) is 0 Å². The summed E-state index contributed by atoms with van der Waals surface area (Å²) in [6.45, 7) is 6.12. The lowest BCUT2D eigenvalue weighted by molar-refractivity contribution is -0.109. The van der Waals surface area contributed by atoms with E-state index in [1.807, 2.05) is 49.5 Å². The maximum absolute atomic E-state index is 13.9. The van der Waals surface area contributed by atoms with Crippen LogP contribution in [0.4, 0.5) is 11.4 Å². The molecule has 0 aliphatic carbocycles. The first-order valence-corrected chi connectivity index (χ1v) is 22.1. The summed E-state index contributed by atoms with van der Waals surface area (Å²) in [5, 5.41) is 21.5. The maximum Gasteiger partial charge on any atom is 0.163 e. The van der Waals surface area contributed by atoms with Gasteiger partial charge in [0.15, 0.2) is 24.6 Å². The van der Waals surface area contributed by atoms with E-state index in [1.54, 1.807) is 12.3 Å². The Morgan fingerprint density at radius 3 is 2.61 bits per heavy atom. The molecule has 4 N–H and O–H groups in total. The molecule has 2 atom stereocenters. The number of hydrogen-bond acceptors (Lipinski definition) is 11. The Balaban J connectivity index is 0.924. The van der Waals surface area contributed by atoms with Crippen molar-refractivity contribution in [3.63, 3.8) is 0 Å². The zero-order chi connectivity index (χ0) is 41.7. The lowest BCUT2D eigenvalue weighted by Gasteiger charge is -2.45. The molecule has 12 nitrogen and oxygen atoms in total. The highest BCUT2D eigenvalue weighted by atomic mass is 35.5. The normalized spacial score (nSPS) is 19.5. The number of amidine groups is 1. The lowest BCUT2D eigenvalue weighted by atomic mass is 9.85. The Hall–Kier alpha value is -5.15. The van der Waals surface area contributed by atoms with Crippen molar-refractivity contribution in [2.75, 3.05) is 49.7 Å². The van der Waals surface area contributed by atoms with E-state index < -0.39 is 11.0 Å². The fraction of sp³-hybridized carbons (Fsp3) is 0.341. The van der Waals surface area contributed by atoms with Gasteiger partial charge in [-0.05, 0) is 86.2 Å². The van der Waals surface area contributed by atoms with E-state index >= 15 is 0 Å². The quantitative estimate of drug-likeness (QED) is 0.0560. The molecule has 0 saturated carbocycles. The van der Waals surface area contributed by atoms with Gasteiger partial charge < -0.3 is 25.6 Å². The maximum atomic E-state index is 13.9. The minimum Gasteiger partial charge on any atom is -0.483 e. The number of aldehydes is 3. The molecule has 2 saturated heterocycles. The molecule has 0 bridgehead atoms. The van der Waals surface area contributed by atoms with E-state index in [2.05, 4.69) is 62.2 Å². The van der Waals surface area contributed by atoms with Crippen LogP contribution in [0, 0.1) is 5.41 Å². The first kappa shape index (κ1) is 42.0. The van der Waals surface area contributed by atoms with Crippen LogP contribution in [0.1, 0.15) is 71.0 Å². The first-order valence-electron chi connectivity index (χ1n) is 19.6. The van der Waals surface area contributed by atoms with E-state index in [4.69, 9.17) is 21.7 Å². The zero-order valence-electron chi connectivity index (χ0n) is 33.3. The second kappa shape index (κ2) is 18.4. The number of anilines is 2. The molecule has 15 heteroatoms. The van der Waals surface area contributed by atoms with E-state index in [0.717, 1.165) is 78.5 Å². The molecule has 1 aromatic heterocycles. The number of ether oxygens (including phenoxy) is 1. The van der Waals surface area contributed by atoms with Crippen LogP contribution >= 0.6 is 22.9 Å². The second-order valence-corrected chi connectivity index (χ2v) is 18.2. The van der Waals surface area contributed by atoms with Gasteiger partial charge in [0.25, 0.3) is 0 Å². The van der Waals surface area contributed by atoms with Crippen molar-refractivity contribution in [2.24, 2.45) is 4.99 Å². The molecule has 0 amide bonds. The van der Waals surface area contributed by atoms with E-state index in [1.165, 1.54) is 16.9 Å². The van der Waals surface area contributed by atoms with Crippen LogP contribution in [0.2, 0.25) is 5.02 Å². The van der Waals surface area contributed by atoms with Crippen molar-refractivity contribution in [3.8, 4) is 16.2 Å². The van der Waals surface area contributed by atoms with Gasteiger partial charge in [0.05, 0.1) is 10.6 Å². The number of rotatable bonds is 14. The summed E-state index contributed by atoms with van der Waals surface area (Å²) in [7, 11) is 0.555. The summed E-state index contributed by atoms with van der Waals surface area (Å²) in [5.74, 6) is 1.75. The van der Waals surface area contributed by atoms with Gasteiger partial charge in [0.1, 0.15) is 39.1 Å². The average Bonchev–Trinajstić information content (AvgIpc) is 3.56. The summed E-state index contributed by atoms with van der Waals surface area (Å²) in [4.78, 5) is 42.0. The monoisotopic (exact) mass is 853 g/mol. The fourth-order valence-electron chi connectivity index (χ4n) is 8.38. The summed E-state index contributed by atoms with van der Waals surface area (Å²) in [6.07, 6.45) is 10.8. The Morgan fingerprint density at radius 2 is 1.88 bits per heavy atom. The Kier molecular flexibility index (Phi) is 13.1. The molecule has 4 heterocycles. The number of thiophene rings is 1. The van der Waals surface area contributed by atoms with Crippen LogP contribution in [-0.4, -0.2) is 94.9 Å². The molecule has 3 aliphatic rings. The number of allylic oxidation sites excluding steroid dienone is 1. The third kappa shape index (κ3) is 9.20.